The van der Waals surface area contributed by atoms with Crippen molar-refractivity contribution in [1.82, 2.24) is 20.2 Å². The first-order valence-electron chi connectivity index (χ1n) is 8.16. The molecule has 3 rings (SSSR count). The highest BCUT2D eigenvalue weighted by atomic mass is 15.3. The Morgan fingerprint density at radius 2 is 1.95 bits per heavy atom. The molecule has 5 heteroatoms. The van der Waals surface area contributed by atoms with Gasteiger partial charge in [-0.25, -0.2) is 9.97 Å². The van der Waals surface area contributed by atoms with Gasteiger partial charge in [0.2, 0.25) is 0 Å². The second kappa shape index (κ2) is 6.28. The van der Waals surface area contributed by atoms with Crippen LogP contribution in [0.25, 0.3) is 0 Å². The predicted octanol–water partition coefficient (Wildman–Crippen LogP) is 1.60. The highest BCUT2D eigenvalue weighted by Gasteiger charge is 2.23. The van der Waals surface area contributed by atoms with E-state index >= 15 is 0 Å². The standard InChI is InChI=1S/C16H27N5/c1-12(2)16-18-11-15(21-8-6-20(3)7-9-21)14(19-16)10-17-13-4-5-13/h11-13,17H,4-10H2,1-3H3. The lowest BCUT2D eigenvalue weighted by molar-refractivity contribution is 0.312. The maximum atomic E-state index is 4.84. The molecule has 0 spiro atoms. The molecular formula is C16H27N5. The summed E-state index contributed by atoms with van der Waals surface area (Å²) in [5, 5.41) is 3.60. The van der Waals surface area contributed by atoms with Crippen LogP contribution in [-0.4, -0.2) is 54.1 Å². The third kappa shape index (κ3) is 3.71. The van der Waals surface area contributed by atoms with Gasteiger partial charge in [0.1, 0.15) is 5.82 Å². The molecule has 1 aliphatic heterocycles. The van der Waals surface area contributed by atoms with Gasteiger partial charge in [-0.15, -0.1) is 0 Å². The minimum Gasteiger partial charge on any atom is -0.366 e. The molecule has 0 amide bonds. The molecule has 2 heterocycles. The van der Waals surface area contributed by atoms with Gasteiger partial charge in [0.05, 0.1) is 17.6 Å². The van der Waals surface area contributed by atoms with E-state index in [0.717, 1.165) is 38.5 Å². The Labute approximate surface area is 127 Å². The van der Waals surface area contributed by atoms with Crippen molar-refractivity contribution < 1.29 is 0 Å². The van der Waals surface area contributed by atoms with Gasteiger partial charge in [-0.05, 0) is 19.9 Å². The molecule has 21 heavy (non-hydrogen) atoms. The van der Waals surface area contributed by atoms with Gasteiger partial charge >= 0.3 is 0 Å². The minimum absolute atomic E-state index is 0.381. The molecule has 1 N–H and O–H groups in total. The Bertz CT molecular complexity index is 476. The van der Waals surface area contributed by atoms with E-state index in [-0.39, 0.29) is 0 Å². The van der Waals surface area contributed by atoms with E-state index in [1.165, 1.54) is 24.2 Å². The van der Waals surface area contributed by atoms with Gasteiger partial charge in [0, 0.05) is 44.7 Å². The molecule has 0 atom stereocenters. The molecule has 1 saturated heterocycles. The number of piperazine rings is 1. The van der Waals surface area contributed by atoms with E-state index in [2.05, 4.69) is 41.0 Å². The van der Waals surface area contributed by atoms with Crippen molar-refractivity contribution in [3.63, 3.8) is 0 Å². The predicted molar refractivity (Wildman–Crippen MR) is 85.7 cm³/mol. The first-order valence-corrected chi connectivity index (χ1v) is 8.16. The van der Waals surface area contributed by atoms with Crippen molar-refractivity contribution >= 4 is 5.69 Å². The van der Waals surface area contributed by atoms with Crippen molar-refractivity contribution in [1.29, 1.82) is 0 Å². The minimum atomic E-state index is 0.381. The number of hydrogen-bond acceptors (Lipinski definition) is 5. The summed E-state index contributed by atoms with van der Waals surface area (Å²) in [5.74, 6) is 1.34. The lowest BCUT2D eigenvalue weighted by Gasteiger charge is -2.34. The van der Waals surface area contributed by atoms with Gasteiger partial charge in [-0.1, -0.05) is 13.8 Å². The Morgan fingerprint density at radius 1 is 1.24 bits per heavy atom. The molecule has 1 saturated carbocycles. The van der Waals surface area contributed by atoms with Crippen LogP contribution in [0.5, 0.6) is 0 Å². The Hall–Kier alpha value is -1.20. The molecule has 1 aliphatic carbocycles. The van der Waals surface area contributed by atoms with Crippen LogP contribution in [0, 0.1) is 0 Å². The van der Waals surface area contributed by atoms with Crippen LogP contribution in [-0.2, 0) is 6.54 Å². The van der Waals surface area contributed by atoms with Crippen LogP contribution in [0.3, 0.4) is 0 Å². The van der Waals surface area contributed by atoms with E-state index in [0.29, 0.717) is 12.0 Å². The van der Waals surface area contributed by atoms with Crippen molar-refractivity contribution in [2.24, 2.45) is 0 Å². The fraction of sp³-hybridized carbons (Fsp3) is 0.750. The second-order valence-electron chi connectivity index (χ2n) is 6.66. The largest absolute Gasteiger partial charge is 0.366 e. The highest BCUT2D eigenvalue weighted by molar-refractivity contribution is 5.49. The number of anilines is 1. The normalized spacial score (nSPS) is 20.3. The number of nitrogens with zero attached hydrogens (tertiary/aromatic N) is 4. The van der Waals surface area contributed by atoms with Crippen LogP contribution in [0.15, 0.2) is 6.20 Å². The average molecular weight is 289 g/mol. The third-order valence-corrected chi connectivity index (χ3v) is 4.36. The number of likely N-dealkylation sites (N-methyl/N-ethyl adjacent to an activating group) is 1. The van der Waals surface area contributed by atoms with Gasteiger partial charge < -0.3 is 15.1 Å². The molecule has 116 valence electrons. The molecule has 1 aromatic heterocycles. The molecular weight excluding hydrogens is 262 g/mol. The summed E-state index contributed by atoms with van der Waals surface area (Å²) >= 11 is 0. The fourth-order valence-corrected chi connectivity index (χ4v) is 2.67. The maximum Gasteiger partial charge on any atom is 0.131 e. The summed E-state index contributed by atoms with van der Waals surface area (Å²) in [6.45, 7) is 9.54. The zero-order chi connectivity index (χ0) is 14.8. The summed E-state index contributed by atoms with van der Waals surface area (Å²) in [7, 11) is 2.19. The van der Waals surface area contributed by atoms with Crippen LogP contribution < -0.4 is 10.2 Å². The SMILES string of the molecule is CC(C)c1ncc(N2CCN(C)CC2)c(CNC2CC2)n1. The van der Waals surface area contributed by atoms with E-state index in [4.69, 9.17) is 4.98 Å². The van der Waals surface area contributed by atoms with Crippen molar-refractivity contribution in [3.05, 3.63) is 17.7 Å². The quantitative estimate of drug-likeness (QED) is 0.892. The van der Waals surface area contributed by atoms with E-state index in [1.54, 1.807) is 0 Å². The lowest BCUT2D eigenvalue weighted by Crippen LogP contribution is -2.45. The molecule has 1 aromatic rings. The van der Waals surface area contributed by atoms with Crippen LogP contribution >= 0.6 is 0 Å². The van der Waals surface area contributed by atoms with Crippen LogP contribution in [0.1, 0.15) is 44.1 Å². The van der Waals surface area contributed by atoms with Gasteiger partial charge in [0.15, 0.2) is 0 Å². The zero-order valence-corrected chi connectivity index (χ0v) is 13.5. The lowest BCUT2D eigenvalue weighted by atomic mass is 10.2. The molecule has 2 aliphatic rings. The van der Waals surface area contributed by atoms with Crippen LogP contribution in [0.2, 0.25) is 0 Å². The summed E-state index contributed by atoms with van der Waals surface area (Å²) < 4.78 is 0. The maximum absolute atomic E-state index is 4.84. The van der Waals surface area contributed by atoms with Gasteiger partial charge in [-0.2, -0.15) is 0 Å². The van der Waals surface area contributed by atoms with Crippen molar-refractivity contribution in [2.45, 2.75) is 45.2 Å². The summed E-state index contributed by atoms with van der Waals surface area (Å²) in [6.07, 6.45) is 4.66. The molecule has 0 aromatic carbocycles. The first kappa shape index (κ1) is 14.7. The monoisotopic (exact) mass is 289 g/mol. The summed E-state index contributed by atoms with van der Waals surface area (Å²) in [6, 6.07) is 0.711. The Morgan fingerprint density at radius 3 is 2.57 bits per heavy atom. The summed E-state index contributed by atoms with van der Waals surface area (Å²) in [5.41, 5.74) is 2.39. The summed E-state index contributed by atoms with van der Waals surface area (Å²) in [4.78, 5) is 14.2. The van der Waals surface area contributed by atoms with Gasteiger partial charge in [-0.3, -0.25) is 0 Å². The van der Waals surface area contributed by atoms with Crippen LogP contribution in [0.4, 0.5) is 5.69 Å². The zero-order valence-electron chi connectivity index (χ0n) is 13.5. The Kier molecular flexibility index (Phi) is 4.40. The first-order chi connectivity index (χ1) is 10.1. The highest BCUT2D eigenvalue weighted by Crippen LogP contribution is 2.24. The van der Waals surface area contributed by atoms with E-state index in [1.807, 2.05) is 6.20 Å². The topological polar surface area (TPSA) is 44.3 Å². The van der Waals surface area contributed by atoms with E-state index in [9.17, 15) is 0 Å². The smallest absolute Gasteiger partial charge is 0.131 e. The third-order valence-electron chi connectivity index (χ3n) is 4.36. The van der Waals surface area contributed by atoms with Crippen molar-refractivity contribution in [2.75, 3.05) is 38.1 Å². The fourth-order valence-electron chi connectivity index (χ4n) is 2.67. The molecule has 0 bridgehead atoms. The van der Waals surface area contributed by atoms with Gasteiger partial charge in [0.25, 0.3) is 0 Å². The number of hydrogen-bond donors (Lipinski definition) is 1. The molecule has 5 nitrogen and oxygen atoms in total. The number of nitrogens with one attached hydrogen (secondary N) is 1. The average Bonchev–Trinajstić information content (AvgIpc) is 3.30. The van der Waals surface area contributed by atoms with Crippen molar-refractivity contribution in [3.8, 4) is 0 Å². The Balaban J connectivity index is 1.79. The molecule has 0 unspecified atom stereocenters. The molecule has 2 fully saturated rings. The van der Waals surface area contributed by atoms with E-state index < -0.39 is 0 Å². The number of aromatic nitrogens is 2. The number of rotatable bonds is 5. The molecule has 0 radical (unpaired) electrons. The second-order valence-corrected chi connectivity index (χ2v) is 6.66.